The van der Waals surface area contributed by atoms with Gasteiger partial charge in [0.15, 0.2) is 0 Å². The number of benzene rings is 1. The number of aliphatic carboxylic acids is 1. The number of anilines is 1. The van der Waals surface area contributed by atoms with E-state index in [1.165, 1.54) is 24.8 Å². The van der Waals surface area contributed by atoms with Crippen molar-refractivity contribution >= 4 is 53.2 Å². The average molecular weight is 714 g/mol. The molecular formula is C34H47N7O10. The van der Waals surface area contributed by atoms with Crippen molar-refractivity contribution in [3.63, 3.8) is 0 Å². The molecule has 0 saturated heterocycles. The second-order valence-corrected chi connectivity index (χ2v) is 13.0. The smallest absolute Gasteiger partial charge is 0.312 e. The monoisotopic (exact) mass is 713 g/mol. The molecule has 7 amide bonds. The van der Waals surface area contributed by atoms with E-state index >= 15 is 0 Å². The van der Waals surface area contributed by atoms with Gasteiger partial charge in [0.1, 0.15) is 30.9 Å². The highest BCUT2D eigenvalue weighted by atomic mass is 16.5. The minimum absolute atomic E-state index is 0.0313. The maximum atomic E-state index is 13.5. The number of hydrogen-bond acceptors (Lipinski definition) is 9. The number of nitrogens with zero attached hydrogens (tertiary/aromatic N) is 1. The largest absolute Gasteiger partial charge is 0.481 e. The average Bonchev–Trinajstić information content (AvgIpc) is 3.44. The molecule has 17 nitrogen and oxygen atoms in total. The topological polar surface area (TPSA) is 255 Å². The van der Waals surface area contributed by atoms with Crippen LogP contribution in [-0.4, -0.2) is 89.2 Å². The first-order valence-electron chi connectivity index (χ1n) is 16.2. The molecule has 1 heterocycles. The lowest BCUT2D eigenvalue weighted by atomic mass is 9.97. The summed E-state index contributed by atoms with van der Waals surface area (Å²) in [4.78, 5) is 100. The van der Waals surface area contributed by atoms with Crippen LogP contribution >= 0.6 is 0 Å². The highest BCUT2D eigenvalue weighted by Crippen LogP contribution is 2.18. The number of amides is 7. The van der Waals surface area contributed by atoms with E-state index in [1.54, 1.807) is 51.1 Å². The van der Waals surface area contributed by atoms with Crippen LogP contribution in [0.25, 0.3) is 0 Å². The van der Waals surface area contributed by atoms with E-state index in [2.05, 4.69) is 26.6 Å². The number of carbonyl (C=O) groups excluding carboxylic acids is 7. The van der Waals surface area contributed by atoms with Crippen molar-refractivity contribution in [2.45, 2.75) is 79.0 Å². The molecule has 0 radical (unpaired) electrons. The van der Waals surface area contributed by atoms with Gasteiger partial charge in [-0.15, -0.1) is 0 Å². The molecule has 0 fully saturated rings. The van der Waals surface area contributed by atoms with E-state index in [9.17, 15) is 43.5 Å². The molecule has 8 N–H and O–H groups in total. The van der Waals surface area contributed by atoms with E-state index in [0.29, 0.717) is 16.8 Å². The number of allylic oxidation sites excluding steroid dienone is 1. The SMILES string of the molecule is CC(C)=C(NC(=O)[C@H](CCC(=O)O)NC(=O)CN1CC=CC1=O)C(=O)N[C@@H](CCCNC(N)=O)C(=O)Nc1ccc(COC(=O)C(C)(C)C)cc1. The molecular weight excluding hydrogens is 666 g/mol. The lowest BCUT2D eigenvalue weighted by molar-refractivity contribution is -0.154. The first kappa shape index (κ1) is 41.4. The van der Waals surface area contributed by atoms with Crippen LogP contribution < -0.4 is 32.3 Å². The van der Waals surface area contributed by atoms with Crippen LogP contribution in [0.1, 0.15) is 65.9 Å². The summed E-state index contributed by atoms with van der Waals surface area (Å²) in [5.74, 6) is -5.04. The lowest BCUT2D eigenvalue weighted by Crippen LogP contribution is -2.52. The third-order valence-corrected chi connectivity index (χ3v) is 7.30. The van der Waals surface area contributed by atoms with Crippen LogP contribution in [0.5, 0.6) is 0 Å². The van der Waals surface area contributed by atoms with Gasteiger partial charge < -0.3 is 47.1 Å². The highest BCUT2D eigenvalue weighted by molar-refractivity contribution is 6.03. The number of hydrogen-bond donors (Lipinski definition) is 7. The Hall–Kier alpha value is -5.74. The van der Waals surface area contributed by atoms with Crippen LogP contribution in [0.2, 0.25) is 0 Å². The predicted octanol–water partition coefficient (Wildman–Crippen LogP) is 0.806. The molecule has 1 aliphatic heterocycles. The van der Waals surface area contributed by atoms with Gasteiger partial charge in [-0.2, -0.15) is 0 Å². The Bertz CT molecular complexity index is 1540. The van der Waals surface area contributed by atoms with Crippen molar-refractivity contribution in [1.82, 2.24) is 26.2 Å². The quantitative estimate of drug-likeness (QED) is 0.0640. The van der Waals surface area contributed by atoms with Crippen LogP contribution in [0, 0.1) is 5.41 Å². The van der Waals surface area contributed by atoms with Gasteiger partial charge in [-0.3, -0.25) is 33.6 Å². The maximum absolute atomic E-state index is 13.5. The molecule has 1 aromatic rings. The number of primary amides is 1. The van der Waals surface area contributed by atoms with Gasteiger partial charge in [-0.25, -0.2) is 4.79 Å². The molecule has 2 rings (SSSR count). The Balaban J connectivity index is 2.17. The van der Waals surface area contributed by atoms with Gasteiger partial charge in [0.25, 0.3) is 5.91 Å². The number of nitrogens with two attached hydrogens (primary N) is 1. The summed E-state index contributed by atoms with van der Waals surface area (Å²) >= 11 is 0. The Morgan fingerprint density at radius 1 is 0.961 bits per heavy atom. The standard InChI is InChI=1S/C34H47N7O10/c1-20(2)28(40-30(47)24(14-15-27(44)45)38-25(42)18-41-17-7-9-26(41)43)31(48)39-23(8-6-16-36-33(35)50)29(46)37-22-12-10-21(11-13-22)19-51-32(49)34(3,4)5/h7,9-13,23-24H,6,8,14-19H2,1-5H3,(H,37,46)(H,38,42)(H,39,48)(H,40,47)(H,44,45)(H3,35,36,50)/t23-,24-/m0/s1. The molecule has 0 saturated carbocycles. The lowest BCUT2D eigenvalue weighted by Gasteiger charge is -2.23. The van der Waals surface area contributed by atoms with Crippen molar-refractivity contribution in [3.8, 4) is 0 Å². The van der Waals surface area contributed by atoms with Crippen molar-refractivity contribution in [1.29, 1.82) is 0 Å². The van der Waals surface area contributed by atoms with Gasteiger partial charge >= 0.3 is 18.0 Å². The van der Waals surface area contributed by atoms with Crippen LogP contribution in [0.15, 0.2) is 47.7 Å². The normalized spacial score (nSPS) is 13.4. The number of carboxylic acid groups (broad SMARTS) is 1. The number of esters is 1. The number of ether oxygens (including phenoxy) is 1. The summed E-state index contributed by atoms with van der Waals surface area (Å²) in [6.07, 6.45) is 2.35. The second kappa shape index (κ2) is 19.4. The fraction of sp³-hybridized carbons (Fsp3) is 0.471. The van der Waals surface area contributed by atoms with E-state index in [4.69, 9.17) is 10.5 Å². The van der Waals surface area contributed by atoms with E-state index in [-0.39, 0.29) is 63.1 Å². The fourth-order valence-corrected chi connectivity index (χ4v) is 4.48. The number of rotatable bonds is 18. The molecule has 0 bridgehead atoms. The number of urea groups is 1. The molecule has 51 heavy (non-hydrogen) atoms. The van der Waals surface area contributed by atoms with E-state index in [0.717, 1.165) is 0 Å². The van der Waals surface area contributed by atoms with Crippen LogP contribution in [0.4, 0.5) is 10.5 Å². The van der Waals surface area contributed by atoms with Crippen molar-refractivity contribution in [2.75, 3.05) is 25.0 Å². The summed E-state index contributed by atoms with van der Waals surface area (Å²) in [5, 5.41) is 21.8. The van der Waals surface area contributed by atoms with Crippen molar-refractivity contribution < 1.29 is 48.2 Å². The minimum Gasteiger partial charge on any atom is -0.481 e. The molecule has 0 unspecified atom stereocenters. The molecule has 2 atom stereocenters. The minimum atomic E-state index is -1.37. The second-order valence-electron chi connectivity index (χ2n) is 13.0. The summed E-state index contributed by atoms with van der Waals surface area (Å²) in [7, 11) is 0. The summed E-state index contributed by atoms with van der Waals surface area (Å²) in [6.45, 7) is 8.23. The Kier molecular flexibility index (Phi) is 15.8. The van der Waals surface area contributed by atoms with Crippen molar-refractivity contribution in [2.24, 2.45) is 11.1 Å². The molecule has 17 heteroatoms. The zero-order chi connectivity index (χ0) is 38.3. The molecule has 1 aliphatic rings. The first-order valence-corrected chi connectivity index (χ1v) is 16.2. The summed E-state index contributed by atoms with van der Waals surface area (Å²) in [5.41, 5.74) is 5.60. The molecule has 0 aliphatic carbocycles. The maximum Gasteiger partial charge on any atom is 0.312 e. The summed E-state index contributed by atoms with van der Waals surface area (Å²) in [6, 6.07) is 3.19. The van der Waals surface area contributed by atoms with Gasteiger partial charge in [0.05, 0.1) is 5.41 Å². The fourth-order valence-electron chi connectivity index (χ4n) is 4.48. The van der Waals surface area contributed by atoms with E-state index in [1.807, 2.05) is 0 Å². The third kappa shape index (κ3) is 14.7. The molecule has 278 valence electrons. The van der Waals surface area contributed by atoms with Crippen molar-refractivity contribution in [3.05, 3.63) is 53.3 Å². The highest BCUT2D eigenvalue weighted by Gasteiger charge is 2.29. The van der Waals surface area contributed by atoms with E-state index < -0.39 is 59.5 Å². The Morgan fingerprint density at radius 3 is 2.16 bits per heavy atom. The Labute approximate surface area is 295 Å². The van der Waals surface area contributed by atoms with Gasteiger partial charge in [0.2, 0.25) is 23.6 Å². The number of nitrogens with one attached hydrogen (secondary N) is 5. The zero-order valence-corrected chi connectivity index (χ0v) is 29.4. The number of carboxylic acids is 1. The number of carbonyl (C=O) groups is 8. The summed E-state index contributed by atoms with van der Waals surface area (Å²) < 4.78 is 5.31. The Morgan fingerprint density at radius 2 is 1.61 bits per heavy atom. The first-order chi connectivity index (χ1) is 23.9. The molecule has 0 spiro atoms. The molecule has 0 aromatic heterocycles. The van der Waals surface area contributed by atoms with Crippen LogP contribution in [-0.2, 0) is 44.9 Å². The predicted molar refractivity (Wildman–Crippen MR) is 184 cm³/mol. The third-order valence-electron chi connectivity index (χ3n) is 7.30. The van der Waals surface area contributed by atoms with Gasteiger partial charge in [-0.1, -0.05) is 18.2 Å². The molecule has 1 aromatic carbocycles. The van der Waals surface area contributed by atoms with Crippen LogP contribution in [0.3, 0.4) is 0 Å². The zero-order valence-electron chi connectivity index (χ0n) is 29.4. The van der Waals surface area contributed by atoms with Gasteiger partial charge in [0, 0.05) is 31.3 Å². The van der Waals surface area contributed by atoms with Gasteiger partial charge in [-0.05, 0) is 77.2 Å².